The van der Waals surface area contributed by atoms with E-state index in [0.29, 0.717) is 52.2 Å². The fraction of sp³-hybridized carbons (Fsp3) is 0.483. The van der Waals surface area contributed by atoms with Crippen LogP contribution in [0.5, 0.6) is 0 Å². The van der Waals surface area contributed by atoms with E-state index in [1.807, 2.05) is 6.07 Å². The van der Waals surface area contributed by atoms with Gasteiger partial charge in [-0.05, 0) is 49.1 Å². The number of rotatable bonds is 6. The van der Waals surface area contributed by atoms with E-state index in [1.165, 1.54) is 24.6 Å². The van der Waals surface area contributed by atoms with Crippen LogP contribution in [0.15, 0.2) is 35.4 Å². The lowest BCUT2D eigenvalue weighted by Crippen LogP contribution is -2.52. The quantitative estimate of drug-likeness (QED) is 0.380. The molecule has 2 atom stereocenters. The fourth-order valence-electron chi connectivity index (χ4n) is 6.14. The predicted molar refractivity (Wildman–Crippen MR) is 158 cm³/mol. The number of hydrogen-bond acceptors (Lipinski definition) is 9. The average Bonchev–Trinajstić information content (AvgIpc) is 3.48. The molecule has 0 saturated carbocycles. The molecule has 3 saturated heterocycles. The second kappa shape index (κ2) is 11.0. The summed E-state index contributed by atoms with van der Waals surface area (Å²) in [7, 11) is 0. The van der Waals surface area contributed by atoms with Gasteiger partial charge in [-0.25, -0.2) is 9.97 Å². The van der Waals surface area contributed by atoms with E-state index >= 15 is 0 Å². The zero-order valence-corrected chi connectivity index (χ0v) is 24.7. The van der Waals surface area contributed by atoms with Crippen molar-refractivity contribution in [3.63, 3.8) is 0 Å². The van der Waals surface area contributed by atoms with E-state index in [4.69, 9.17) is 4.74 Å². The van der Waals surface area contributed by atoms with Crippen LogP contribution in [0.2, 0.25) is 0 Å². The van der Waals surface area contributed by atoms with Crippen molar-refractivity contribution in [2.75, 3.05) is 48.8 Å². The van der Waals surface area contributed by atoms with Gasteiger partial charge in [0, 0.05) is 59.9 Å². The minimum Gasteiger partial charge on any atom is -0.377 e. The van der Waals surface area contributed by atoms with Crippen LogP contribution < -0.4 is 15.5 Å². The molecule has 1 aromatic carbocycles. The number of thioether (sulfide) groups is 1. The fourth-order valence-corrected chi connectivity index (χ4v) is 8.46. The third-order valence-corrected chi connectivity index (χ3v) is 10.7. The van der Waals surface area contributed by atoms with Crippen molar-refractivity contribution in [1.29, 1.82) is 0 Å². The second-order valence-corrected chi connectivity index (χ2v) is 13.3. The molecular weight excluding hydrogens is 585 g/mol. The minimum atomic E-state index is -4.65. The highest BCUT2D eigenvalue weighted by molar-refractivity contribution is 7.99. The Labute approximate surface area is 250 Å². The number of amides is 1. The Morgan fingerprint density at radius 1 is 1.17 bits per heavy atom. The number of alkyl halides is 3. The summed E-state index contributed by atoms with van der Waals surface area (Å²) in [4.78, 5) is 27.4. The van der Waals surface area contributed by atoms with Gasteiger partial charge in [-0.2, -0.15) is 13.2 Å². The molecule has 4 aliphatic heterocycles. The van der Waals surface area contributed by atoms with Gasteiger partial charge in [0.1, 0.15) is 10.4 Å². The number of hydrogen-bond donors (Lipinski definition) is 2. The summed E-state index contributed by atoms with van der Waals surface area (Å²) in [5, 5.41) is 6.83. The molecule has 13 heteroatoms. The Balaban J connectivity index is 1.19. The average molecular weight is 617 g/mol. The minimum absolute atomic E-state index is 0.0102. The molecule has 6 heterocycles. The smallest absolute Gasteiger partial charge is 0.377 e. The third kappa shape index (κ3) is 5.24. The first-order chi connectivity index (χ1) is 20.3. The summed E-state index contributed by atoms with van der Waals surface area (Å²) in [6.45, 7) is 5.54. The largest absolute Gasteiger partial charge is 0.420 e. The molecule has 3 fully saturated rings. The number of halogens is 3. The van der Waals surface area contributed by atoms with Gasteiger partial charge < -0.3 is 25.2 Å². The molecule has 222 valence electrons. The van der Waals surface area contributed by atoms with Gasteiger partial charge in [0.2, 0.25) is 5.95 Å². The van der Waals surface area contributed by atoms with Gasteiger partial charge in [-0.3, -0.25) is 4.79 Å². The molecule has 0 unspecified atom stereocenters. The number of carbonyl (C=O) groups excluding carboxylic acids is 1. The van der Waals surface area contributed by atoms with Crippen molar-refractivity contribution < 1.29 is 22.7 Å². The van der Waals surface area contributed by atoms with Gasteiger partial charge in [0.05, 0.1) is 29.8 Å². The van der Waals surface area contributed by atoms with Crippen LogP contribution in [-0.2, 0) is 17.3 Å². The van der Waals surface area contributed by atoms with Gasteiger partial charge in [-0.15, -0.1) is 23.1 Å². The maximum absolute atomic E-state index is 14.1. The van der Waals surface area contributed by atoms with E-state index < -0.39 is 11.7 Å². The first-order valence-corrected chi connectivity index (χ1v) is 16.1. The second-order valence-electron chi connectivity index (χ2n) is 11.2. The molecule has 2 aromatic heterocycles. The number of benzene rings is 1. The number of nitrogens with zero attached hydrogens (tertiary/aromatic N) is 4. The predicted octanol–water partition coefficient (Wildman–Crippen LogP) is 5.42. The standard InChI is InChI=1S/C29H31F3N6O2S2/c1-2-16-9-19(37-12-17-3-4-18(13-37)34-17)5-6-22(16)35-28-33-11-21(29(30,31)32)25(36-28)23-10-24-26(42-23)27(39)38(7-8-41-24)20-14-40-15-20/h5-6,9-11,17-18,20,34H,2-4,7-8,12-15H2,1H3,(H,33,35,36)/t17-,18+. The van der Waals surface area contributed by atoms with Crippen molar-refractivity contribution in [2.24, 2.45) is 0 Å². The van der Waals surface area contributed by atoms with Gasteiger partial charge in [-0.1, -0.05) is 6.92 Å². The maximum atomic E-state index is 14.1. The number of anilines is 3. The lowest BCUT2D eigenvalue weighted by atomic mass is 10.1. The van der Waals surface area contributed by atoms with E-state index in [9.17, 15) is 18.0 Å². The molecule has 8 nitrogen and oxygen atoms in total. The first-order valence-electron chi connectivity index (χ1n) is 14.3. The van der Waals surface area contributed by atoms with Gasteiger partial charge in [0.15, 0.2) is 0 Å². The van der Waals surface area contributed by atoms with Crippen molar-refractivity contribution in [3.05, 3.63) is 46.5 Å². The Bertz CT molecular complexity index is 1500. The SMILES string of the molecule is CCc1cc(N2C[C@H]3CC[C@@H](C2)N3)ccc1Nc1ncc(C(F)(F)F)c(-c2cc3c(s2)C(=O)N(C2COC2)CCS3)n1. The van der Waals surface area contributed by atoms with Crippen LogP contribution in [0.1, 0.15) is 40.6 Å². The normalized spacial score (nSPS) is 22.6. The lowest BCUT2D eigenvalue weighted by Gasteiger charge is -2.36. The first kappa shape index (κ1) is 27.9. The van der Waals surface area contributed by atoms with Crippen LogP contribution in [-0.4, -0.2) is 77.5 Å². The van der Waals surface area contributed by atoms with Gasteiger partial charge >= 0.3 is 6.18 Å². The highest BCUT2D eigenvalue weighted by atomic mass is 32.2. The van der Waals surface area contributed by atoms with E-state index in [2.05, 4.69) is 44.6 Å². The van der Waals surface area contributed by atoms with Crippen molar-refractivity contribution in [1.82, 2.24) is 20.2 Å². The summed E-state index contributed by atoms with van der Waals surface area (Å²) >= 11 is 2.55. The number of nitrogens with one attached hydrogen (secondary N) is 2. The third-order valence-electron chi connectivity index (χ3n) is 8.43. The molecule has 1 amide bonds. The van der Waals surface area contributed by atoms with Crippen LogP contribution in [0, 0.1) is 0 Å². The molecule has 42 heavy (non-hydrogen) atoms. The van der Waals surface area contributed by atoms with Gasteiger partial charge in [0.25, 0.3) is 5.91 Å². The number of piperazine rings is 1. The number of carbonyl (C=O) groups is 1. The summed E-state index contributed by atoms with van der Waals surface area (Å²) < 4.78 is 47.7. The molecule has 4 aliphatic rings. The molecule has 0 radical (unpaired) electrons. The lowest BCUT2D eigenvalue weighted by molar-refractivity contribution is -0.137. The van der Waals surface area contributed by atoms with E-state index in [0.717, 1.165) is 54.0 Å². The number of fused-ring (bicyclic) bond motifs is 3. The van der Waals surface area contributed by atoms with Crippen LogP contribution in [0.3, 0.4) is 0 Å². The van der Waals surface area contributed by atoms with E-state index in [-0.39, 0.29) is 23.6 Å². The molecule has 3 aromatic rings. The zero-order chi connectivity index (χ0) is 29.0. The topological polar surface area (TPSA) is 82.6 Å². The molecule has 2 N–H and O–H groups in total. The maximum Gasteiger partial charge on any atom is 0.420 e. The molecule has 7 rings (SSSR count). The van der Waals surface area contributed by atoms with Crippen molar-refractivity contribution >= 4 is 46.3 Å². The molecular formula is C29H31F3N6O2S2. The molecule has 0 spiro atoms. The summed E-state index contributed by atoms with van der Waals surface area (Å²) in [6.07, 6.45) is -0.687. The summed E-state index contributed by atoms with van der Waals surface area (Å²) in [5.41, 5.74) is 1.79. The molecule has 0 aliphatic carbocycles. The Hall–Kier alpha value is -2.87. The summed E-state index contributed by atoms with van der Waals surface area (Å²) in [5.74, 6) is 0.585. The van der Waals surface area contributed by atoms with Crippen molar-refractivity contribution in [2.45, 2.75) is 55.4 Å². The van der Waals surface area contributed by atoms with Crippen LogP contribution in [0.4, 0.5) is 30.5 Å². The number of thiophene rings is 1. The monoisotopic (exact) mass is 616 g/mol. The zero-order valence-electron chi connectivity index (χ0n) is 23.0. The highest BCUT2D eigenvalue weighted by Gasteiger charge is 2.38. The highest BCUT2D eigenvalue weighted by Crippen LogP contribution is 2.44. The van der Waals surface area contributed by atoms with Crippen LogP contribution in [0.25, 0.3) is 10.6 Å². The Morgan fingerprint density at radius 3 is 2.64 bits per heavy atom. The van der Waals surface area contributed by atoms with Crippen molar-refractivity contribution in [3.8, 4) is 10.6 Å². The van der Waals surface area contributed by atoms with Crippen LogP contribution >= 0.6 is 23.1 Å². The Kier molecular flexibility index (Phi) is 7.32. The van der Waals surface area contributed by atoms with E-state index in [1.54, 1.807) is 11.0 Å². The number of aryl methyl sites for hydroxylation is 1. The molecule has 2 bridgehead atoms. The summed E-state index contributed by atoms with van der Waals surface area (Å²) in [6, 6.07) is 8.86. The number of aromatic nitrogens is 2. The Morgan fingerprint density at radius 2 is 1.95 bits per heavy atom. The number of ether oxygens (including phenoxy) is 1.